The van der Waals surface area contributed by atoms with Crippen molar-refractivity contribution in [1.29, 1.82) is 0 Å². The minimum atomic E-state index is -2.17. The van der Waals surface area contributed by atoms with Crippen molar-refractivity contribution in [3.8, 4) is 0 Å². The summed E-state index contributed by atoms with van der Waals surface area (Å²) < 4.78 is 20.9. The first-order valence-electron chi connectivity index (χ1n) is 8.64. The highest BCUT2D eigenvalue weighted by Crippen LogP contribution is 2.00. The first-order chi connectivity index (χ1) is 12.5. The fourth-order valence-corrected chi connectivity index (χ4v) is 2.80. The Bertz CT molecular complexity index is 651. The Morgan fingerprint density at radius 1 is 1.04 bits per heavy atom. The van der Waals surface area contributed by atoms with Crippen LogP contribution >= 0.6 is 0 Å². The molecule has 2 aromatic carbocycles. The standard InChI is InChI=1S/C12H17NO3S.C8H11N/c1-10(9-17(15)16)12(14)13-8-7-11-5-3-2-4-6-11;9-7-6-8-4-2-1-3-5-8/h2-6,10H,7-9H2,1H3,(H,13,14)(H,15,16);1-5H,6-7,9H2/p-1. The van der Waals surface area contributed by atoms with Crippen LogP contribution in [0.2, 0.25) is 0 Å². The lowest BCUT2D eigenvalue weighted by molar-refractivity contribution is -0.123. The van der Waals surface area contributed by atoms with Crippen LogP contribution in [-0.4, -0.2) is 33.5 Å². The van der Waals surface area contributed by atoms with E-state index in [9.17, 15) is 13.6 Å². The van der Waals surface area contributed by atoms with E-state index in [1.54, 1.807) is 6.92 Å². The Morgan fingerprint density at radius 3 is 2.00 bits per heavy atom. The van der Waals surface area contributed by atoms with Gasteiger partial charge in [-0.3, -0.25) is 9.00 Å². The van der Waals surface area contributed by atoms with Gasteiger partial charge in [0.25, 0.3) is 0 Å². The molecule has 0 spiro atoms. The van der Waals surface area contributed by atoms with Crippen molar-refractivity contribution in [2.24, 2.45) is 11.7 Å². The molecule has 0 saturated heterocycles. The number of carbonyl (C=O) groups excluding carboxylic acids is 1. The molecule has 0 radical (unpaired) electrons. The molecule has 0 heterocycles. The zero-order valence-electron chi connectivity index (χ0n) is 15.1. The molecule has 0 aliphatic heterocycles. The van der Waals surface area contributed by atoms with Crippen molar-refractivity contribution in [2.45, 2.75) is 19.8 Å². The number of benzene rings is 2. The van der Waals surface area contributed by atoms with Crippen molar-refractivity contribution in [2.75, 3.05) is 18.8 Å². The highest BCUT2D eigenvalue weighted by atomic mass is 32.2. The molecule has 26 heavy (non-hydrogen) atoms. The lowest BCUT2D eigenvalue weighted by Crippen LogP contribution is -2.33. The predicted octanol–water partition coefficient (Wildman–Crippen LogP) is 2.05. The monoisotopic (exact) mass is 375 g/mol. The summed E-state index contributed by atoms with van der Waals surface area (Å²) in [7, 11) is 0. The Hall–Kier alpha value is -2.02. The van der Waals surface area contributed by atoms with Gasteiger partial charge in [0, 0.05) is 18.2 Å². The van der Waals surface area contributed by atoms with E-state index in [2.05, 4.69) is 17.4 Å². The van der Waals surface area contributed by atoms with Gasteiger partial charge < -0.3 is 15.6 Å². The van der Waals surface area contributed by atoms with Gasteiger partial charge in [0.2, 0.25) is 5.91 Å². The average molecular weight is 376 g/mol. The Labute approximate surface area is 158 Å². The van der Waals surface area contributed by atoms with Gasteiger partial charge in [-0.25, -0.2) is 0 Å². The number of hydrogen-bond acceptors (Lipinski definition) is 4. The van der Waals surface area contributed by atoms with Crippen molar-refractivity contribution in [3.05, 3.63) is 71.8 Å². The highest BCUT2D eigenvalue weighted by Gasteiger charge is 2.11. The van der Waals surface area contributed by atoms with Gasteiger partial charge in [-0.2, -0.15) is 0 Å². The van der Waals surface area contributed by atoms with Gasteiger partial charge in [-0.15, -0.1) is 0 Å². The third-order valence-corrected chi connectivity index (χ3v) is 4.44. The number of carbonyl (C=O) groups is 1. The van der Waals surface area contributed by atoms with Gasteiger partial charge in [0.05, 0.1) is 0 Å². The van der Waals surface area contributed by atoms with Gasteiger partial charge >= 0.3 is 0 Å². The smallest absolute Gasteiger partial charge is 0.223 e. The van der Waals surface area contributed by atoms with Crippen LogP contribution in [0, 0.1) is 5.92 Å². The molecule has 3 N–H and O–H groups in total. The second-order valence-corrected chi connectivity index (χ2v) is 6.86. The number of rotatable bonds is 8. The van der Waals surface area contributed by atoms with E-state index in [1.807, 2.05) is 48.5 Å². The Balaban J connectivity index is 0.000000314. The van der Waals surface area contributed by atoms with Crippen LogP contribution < -0.4 is 11.1 Å². The molecule has 0 aromatic heterocycles. The van der Waals surface area contributed by atoms with Gasteiger partial charge in [0.15, 0.2) is 0 Å². The van der Waals surface area contributed by atoms with Gasteiger partial charge in [0.1, 0.15) is 0 Å². The molecule has 0 aliphatic carbocycles. The van der Waals surface area contributed by atoms with Crippen LogP contribution in [0.25, 0.3) is 0 Å². The van der Waals surface area contributed by atoms with Gasteiger partial charge in [-0.1, -0.05) is 78.7 Å². The minimum Gasteiger partial charge on any atom is -0.772 e. The molecule has 142 valence electrons. The lowest BCUT2D eigenvalue weighted by atomic mass is 10.1. The maximum atomic E-state index is 11.5. The van der Waals surface area contributed by atoms with E-state index < -0.39 is 17.0 Å². The molecular weight excluding hydrogens is 348 g/mol. The fraction of sp³-hybridized carbons (Fsp3) is 0.350. The van der Waals surface area contributed by atoms with Crippen molar-refractivity contribution < 1.29 is 13.6 Å². The molecule has 0 aliphatic rings. The normalized spacial score (nSPS) is 12.4. The summed E-state index contributed by atoms with van der Waals surface area (Å²) in [5.74, 6) is -0.841. The fourth-order valence-electron chi connectivity index (χ4n) is 2.24. The molecule has 0 saturated carbocycles. The van der Waals surface area contributed by atoms with Gasteiger partial charge in [-0.05, 0) is 30.5 Å². The molecule has 2 unspecified atom stereocenters. The van der Waals surface area contributed by atoms with E-state index >= 15 is 0 Å². The van der Waals surface area contributed by atoms with Crippen molar-refractivity contribution in [1.82, 2.24) is 5.32 Å². The topological polar surface area (TPSA) is 95.2 Å². The van der Waals surface area contributed by atoms with Crippen molar-refractivity contribution in [3.63, 3.8) is 0 Å². The number of hydrogen-bond donors (Lipinski definition) is 2. The van der Waals surface area contributed by atoms with Crippen molar-refractivity contribution >= 4 is 17.0 Å². The summed E-state index contributed by atoms with van der Waals surface area (Å²) >= 11 is -2.17. The maximum Gasteiger partial charge on any atom is 0.223 e. The second-order valence-electron chi connectivity index (χ2n) is 5.92. The summed E-state index contributed by atoms with van der Waals surface area (Å²) in [6.07, 6.45) is 1.74. The molecule has 2 atom stereocenters. The largest absolute Gasteiger partial charge is 0.772 e. The van der Waals surface area contributed by atoms with E-state index in [-0.39, 0.29) is 11.7 Å². The Kier molecular flexibility index (Phi) is 11.2. The van der Waals surface area contributed by atoms with E-state index in [4.69, 9.17) is 5.73 Å². The minimum absolute atomic E-state index is 0.128. The van der Waals surface area contributed by atoms with E-state index in [0.717, 1.165) is 24.9 Å². The van der Waals surface area contributed by atoms with Crippen LogP contribution in [0.3, 0.4) is 0 Å². The number of nitrogens with one attached hydrogen (secondary N) is 1. The van der Waals surface area contributed by atoms with E-state index in [1.165, 1.54) is 5.56 Å². The quantitative estimate of drug-likeness (QED) is 0.690. The SMILES string of the molecule is CC(CS(=O)[O-])C(=O)NCCc1ccccc1.NCCc1ccccc1. The zero-order valence-corrected chi connectivity index (χ0v) is 15.9. The number of amides is 1. The summed E-state index contributed by atoms with van der Waals surface area (Å²) in [4.78, 5) is 11.5. The average Bonchev–Trinajstić information content (AvgIpc) is 2.64. The first-order valence-corrected chi connectivity index (χ1v) is 9.88. The molecule has 1 amide bonds. The molecule has 0 bridgehead atoms. The third-order valence-electron chi connectivity index (χ3n) is 3.67. The first kappa shape index (κ1) is 22.0. The Morgan fingerprint density at radius 2 is 1.54 bits per heavy atom. The highest BCUT2D eigenvalue weighted by molar-refractivity contribution is 7.79. The summed E-state index contributed by atoms with van der Waals surface area (Å²) in [6, 6.07) is 20.1. The molecule has 2 aromatic rings. The summed E-state index contributed by atoms with van der Waals surface area (Å²) in [5, 5.41) is 2.72. The van der Waals surface area contributed by atoms with Crippen LogP contribution in [0.4, 0.5) is 0 Å². The molecule has 2 rings (SSSR count). The molecular formula is C20H27N2O3S-. The van der Waals surface area contributed by atoms with Crippen LogP contribution in [0.1, 0.15) is 18.1 Å². The van der Waals surface area contributed by atoms with Crippen LogP contribution in [0.15, 0.2) is 60.7 Å². The lowest BCUT2D eigenvalue weighted by Gasteiger charge is -2.13. The second kappa shape index (κ2) is 13.2. The third kappa shape index (κ3) is 10.1. The van der Waals surface area contributed by atoms with Crippen LogP contribution in [0.5, 0.6) is 0 Å². The summed E-state index contributed by atoms with van der Waals surface area (Å²) in [6.45, 7) is 2.87. The summed E-state index contributed by atoms with van der Waals surface area (Å²) in [5.41, 5.74) is 7.83. The maximum absolute atomic E-state index is 11.5. The van der Waals surface area contributed by atoms with E-state index in [0.29, 0.717) is 6.54 Å². The predicted molar refractivity (Wildman–Crippen MR) is 105 cm³/mol. The zero-order chi connectivity index (χ0) is 19.2. The molecule has 6 heteroatoms. The number of nitrogens with two attached hydrogens (primary N) is 1. The van der Waals surface area contributed by atoms with Crippen LogP contribution in [-0.2, 0) is 28.7 Å². The molecule has 0 fully saturated rings. The molecule has 5 nitrogen and oxygen atoms in total.